The number of rotatable bonds is 2. The van der Waals surface area contributed by atoms with Crippen molar-refractivity contribution in [2.45, 2.75) is 65.0 Å². The van der Waals surface area contributed by atoms with Gasteiger partial charge in [-0.15, -0.1) is 0 Å². The normalized spacial score (nSPS) is 19.7. The van der Waals surface area contributed by atoms with Crippen LogP contribution >= 0.6 is 0 Å². The molecule has 0 bridgehead atoms. The van der Waals surface area contributed by atoms with Gasteiger partial charge in [0.2, 0.25) is 5.89 Å². The zero-order chi connectivity index (χ0) is 14.9. The van der Waals surface area contributed by atoms with Crippen molar-refractivity contribution in [3.63, 3.8) is 0 Å². The molecule has 0 N–H and O–H groups in total. The highest BCUT2D eigenvalue weighted by atomic mass is 16.6. The Labute approximate surface area is 119 Å². The fourth-order valence-electron chi connectivity index (χ4n) is 2.18. The number of ether oxygens (including phenoxy) is 1. The topological polar surface area (TPSA) is 68.5 Å². The van der Waals surface area contributed by atoms with E-state index in [1.807, 2.05) is 34.6 Å². The van der Waals surface area contributed by atoms with E-state index in [0.717, 1.165) is 12.8 Å². The lowest BCUT2D eigenvalue weighted by Crippen LogP contribution is -2.36. The van der Waals surface area contributed by atoms with Crippen molar-refractivity contribution < 1.29 is 14.1 Å². The van der Waals surface area contributed by atoms with E-state index < -0.39 is 5.60 Å². The van der Waals surface area contributed by atoms with Gasteiger partial charge in [0.1, 0.15) is 11.6 Å². The summed E-state index contributed by atoms with van der Waals surface area (Å²) in [7, 11) is 0. The summed E-state index contributed by atoms with van der Waals surface area (Å²) in [6.45, 7) is 10.3. The van der Waals surface area contributed by atoms with Crippen LogP contribution in [0, 0.1) is 0 Å². The predicted octanol–water partition coefficient (Wildman–Crippen LogP) is 3.27. The second kappa shape index (κ2) is 5.42. The molecule has 2 rings (SSSR count). The van der Waals surface area contributed by atoms with E-state index in [0.29, 0.717) is 18.3 Å². The van der Waals surface area contributed by atoms with Crippen LogP contribution in [0.3, 0.4) is 0 Å². The maximum absolute atomic E-state index is 12.2. The molecule has 1 amide bonds. The molecule has 1 aromatic rings. The Morgan fingerprint density at radius 2 is 2.15 bits per heavy atom. The van der Waals surface area contributed by atoms with E-state index in [-0.39, 0.29) is 18.1 Å². The van der Waals surface area contributed by atoms with Gasteiger partial charge in [-0.05, 0) is 33.6 Å². The summed E-state index contributed by atoms with van der Waals surface area (Å²) in [6, 6.07) is -0.162. The highest BCUT2D eigenvalue weighted by molar-refractivity contribution is 5.69. The van der Waals surface area contributed by atoms with Crippen molar-refractivity contribution in [1.82, 2.24) is 15.0 Å². The summed E-state index contributed by atoms with van der Waals surface area (Å²) in [5, 5.41) is 3.96. The van der Waals surface area contributed by atoms with Crippen LogP contribution in [-0.4, -0.2) is 33.3 Å². The molecule has 1 aromatic heterocycles. The summed E-state index contributed by atoms with van der Waals surface area (Å²) >= 11 is 0. The quantitative estimate of drug-likeness (QED) is 0.832. The summed E-state index contributed by atoms with van der Waals surface area (Å²) < 4.78 is 10.7. The maximum Gasteiger partial charge on any atom is 0.410 e. The lowest BCUT2D eigenvalue weighted by Gasteiger charge is -2.27. The third-order valence-electron chi connectivity index (χ3n) is 3.14. The van der Waals surface area contributed by atoms with Gasteiger partial charge < -0.3 is 9.26 Å². The SMILES string of the molecule is CC(C)c1noc([C@@H]2CCCN2C(=O)OC(C)(C)C)n1. The van der Waals surface area contributed by atoms with Crippen molar-refractivity contribution in [3.8, 4) is 0 Å². The maximum atomic E-state index is 12.2. The Hall–Kier alpha value is -1.59. The fraction of sp³-hybridized carbons (Fsp3) is 0.786. The van der Waals surface area contributed by atoms with E-state index in [1.54, 1.807) is 4.90 Å². The molecule has 1 saturated heterocycles. The second-order valence-corrected chi connectivity index (χ2v) is 6.48. The van der Waals surface area contributed by atoms with Crippen molar-refractivity contribution in [3.05, 3.63) is 11.7 Å². The van der Waals surface area contributed by atoms with Crippen LogP contribution in [0.4, 0.5) is 4.79 Å². The number of hydrogen-bond acceptors (Lipinski definition) is 5. The van der Waals surface area contributed by atoms with Gasteiger partial charge in [0.05, 0.1) is 0 Å². The van der Waals surface area contributed by atoms with E-state index in [9.17, 15) is 4.79 Å². The highest BCUT2D eigenvalue weighted by Crippen LogP contribution is 2.32. The fourth-order valence-corrected chi connectivity index (χ4v) is 2.18. The third-order valence-corrected chi connectivity index (χ3v) is 3.14. The van der Waals surface area contributed by atoms with Crippen molar-refractivity contribution in [2.75, 3.05) is 6.54 Å². The smallest absolute Gasteiger partial charge is 0.410 e. The minimum absolute atomic E-state index is 0.162. The molecule has 1 aliphatic rings. The zero-order valence-corrected chi connectivity index (χ0v) is 12.8. The van der Waals surface area contributed by atoms with Crippen LogP contribution in [0.25, 0.3) is 0 Å². The van der Waals surface area contributed by atoms with Crippen LogP contribution in [0.5, 0.6) is 0 Å². The van der Waals surface area contributed by atoms with Gasteiger partial charge in [-0.3, -0.25) is 4.90 Å². The zero-order valence-electron chi connectivity index (χ0n) is 12.8. The van der Waals surface area contributed by atoms with Crippen LogP contribution in [0.1, 0.15) is 71.1 Å². The van der Waals surface area contributed by atoms with E-state index >= 15 is 0 Å². The number of carbonyl (C=O) groups excluding carboxylic acids is 1. The summed E-state index contributed by atoms with van der Waals surface area (Å²) in [6.07, 6.45) is 1.44. The second-order valence-electron chi connectivity index (χ2n) is 6.48. The monoisotopic (exact) mass is 281 g/mol. The number of nitrogens with zero attached hydrogens (tertiary/aromatic N) is 3. The Morgan fingerprint density at radius 1 is 1.45 bits per heavy atom. The molecule has 0 spiro atoms. The largest absolute Gasteiger partial charge is 0.444 e. The minimum Gasteiger partial charge on any atom is -0.444 e. The molecule has 6 heteroatoms. The first-order chi connectivity index (χ1) is 9.28. The molecular weight excluding hydrogens is 258 g/mol. The van der Waals surface area contributed by atoms with Gasteiger partial charge in [0.15, 0.2) is 5.82 Å². The van der Waals surface area contributed by atoms with Gasteiger partial charge in [0.25, 0.3) is 0 Å². The number of aromatic nitrogens is 2. The van der Waals surface area contributed by atoms with Crippen molar-refractivity contribution >= 4 is 6.09 Å². The van der Waals surface area contributed by atoms with Crippen LogP contribution in [0.15, 0.2) is 4.52 Å². The van der Waals surface area contributed by atoms with E-state index in [1.165, 1.54) is 0 Å². The Kier molecular flexibility index (Phi) is 4.01. The molecule has 1 aliphatic heterocycles. The average Bonchev–Trinajstić information content (AvgIpc) is 2.95. The van der Waals surface area contributed by atoms with Crippen LogP contribution in [-0.2, 0) is 4.74 Å². The Morgan fingerprint density at radius 3 is 2.70 bits per heavy atom. The molecule has 0 unspecified atom stereocenters. The molecule has 0 radical (unpaired) electrons. The standard InChI is InChI=1S/C14H23N3O3/c1-9(2)11-15-12(20-16-11)10-7-6-8-17(10)13(18)19-14(3,4)5/h9-10H,6-8H2,1-5H3/t10-/m0/s1. The van der Waals surface area contributed by atoms with Gasteiger partial charge in [-0.2, -0.15) is 4.98 Å². The summed E-state index contributed by atoms with van der Waals surface area (Å²) in [5.41, 5.74) is -0.498. The number of amides is 1. The number of likely N-dealkylation sites (tertiary alicyclic amines) is 1. The van der Waals surface area contributed by atoms with E-state index in [4.69, 9.17) is 9.26 Å². The molecule has 6 nitrogen and oxygen atoms in total. The molecule has 0 aliphatic carbocycles. The van der Waals surface area contributed by atoms with Gasteiger partial charge >= 0.3 is 6.09 Å². The van der Waals surface area contributed by atoms with Gasteiger partial charge in [0, 0.05) is 12.5 Å². The molecule has 1 atom stereocenters. The van der Waals surface area contributed by atoms with Gasteiger partial charge in [-0.1, -0.05) is 19.0 Å². The van der Waals surface area contributed by atoms with Gasteiger partial charge in [-0.25, -0.2) is 4.79 Å². The van der Waals surface area contributed by atoms with Crippen molar-refractivity contribution in [2.24, 2.45) is 0 Å². The first-order valence-corrected chi connectivity index (χ1v) is 7.11. The first-order valence-electron chi connectivity index (χ1n) is 7.11. The average molecular weight is 281 g/mol. The molecule has 20 heavy (non-hydrogen) atoms. The summed E-state index contributed by atoms with van der Waals surface area (Å²) in [5.74, 6) is 1.40. The lowest BCUT2D eigenvalue weighted by atomic mass is 10.2. The van der Waals surface area contributed by atoms with Crippen molar-refractivity contribution in [1.29, 1.82) is 0 Å². The molecule has 0 aromatic carbocycles. The van der Waals surface area contributed by atoms with Crippen LogP contribution < -0.4 is 0 Å². The Balaban J connectivity index is 2.12. The summed E-state index contributed by atoms with van der Waals surface area (Å²) in [4.78, 5) is 18.3. The highest BCUT2D eigenvalue weighted by Gasteiger charge is 2.36. The molecule has 2 heterocycles. The van der Waals surface area contributed by atoms with E-state index in [2.05, 4.69) is 10.1 Å². The first kappa shape index (κ1) is 14.8. The van der Waals surface area contributed by atoms with Crippen LogP contribution in [0.2, 0.25) is 0 Å². The number of hydrogen-bond donors (Lipinski definition) is 0. The molecule has 1 fully saturated rings. The minimum atomic E-state index is -0.498. The lowest BCUT2D eigenvalue weighted by molar-refractivity contribution is 0.0199. The molecule has 0 saturated carbocycles. The third kappa shape index (κ3) is 3.29. The number of carbonyl (C=O) groups is 1. The predicted molar refractivity (Wildman–Crippen MR) is 73.3 cm³/mol. The molecule has 112 valence electrons. The Bertz CT molecular complexity index is 476. The molecular formula is C14H23N3O3.